The predicted octanol–water partition coefficient (Wildman–Crippen LogP) is 4.52. The average molecular weight is 504 g/mol. The van der Waals surface area contributed by atoms with Gasteiger partial charge in [0.1, 0.15) is 29.7 Å². The van der Waals surface area contributed by atoms with Crippen molar-refractivity contribution in [3.63, 3.8) is 0 Å². The lowest BCUT2D eigenvalue weighted by molar-refractivity contribution is -0.127. The molecule has 0 aliphatic carbocycles. The molecule has 0 spiro atoms. The van der Waals surface area contributed by atoms with Gasteiger partial charge in [0.05, 0.1) is 12.6 Å². The molecule has 0 fully saturated rings. The minimum absolute atomic E-state index is 0.158. The number of hydrogen-bond donors (Lipinski definition) is 1. The van der Waals surface area contributed by atoms with Crippen LogP contribution in [0.25, 0.3) is 11.0 Å². The fourth-order valence-corrected chi connectivity index (χ4v) is 4.08. The van der Waals surface area contributed by atoms with Crippen LogP contribution >= 0.6 is 0 Å². The Morgan fingerprint density at radius 1 is 1.05 bits per heavy atom. The van der Waals surface area contributed by atoms with E-state index in [0.717, 1.165) is 6.42 Å². The highest BCUT2D eigenvalue weighted by atomic mass is 19.1. The van der Waals surface area contributed by atoms with E-state index in [4.69, 9.17) is 4.74 Å². The molecule has 8 nitrogen and oxygen atoms in total. The summed E-state index contributed by atoms with van der Waals surface area (Å²) in [7, 11) is 1.53. The van der Waals surface area contributed by atoms with E-state index < -0.39 is 17.8 Å². The SMILES string of the molecule is COc1cccc(N(C(=O)Cn2nnc3ccccc32)C(C(=O)NCCC(C)C)c2ccc(F)cc2)c1. The minimum atomic E-state index is -1.05. The van der Waals surface area contributed by atoms with Crippen molar-refractivity contribution in [3.05, 3.63) is 84.2 Å². The van der Waals surface area contributed by atoms with Gasteiger partial charge in [-0.3, -0.25) is 14.5 Å². The van der Waals surface area contributed by atoms with Crippen molar-refractivity contribution in [2.75, 3.05) is 18.6 Å². The molecular weight excluding hydrogens is 473 g/mol. The monoisotopic (exact) mass is 503 g/mol. The molecule has 0 aliphatic rings. The number of anilines is 1. The van der Waals surface area contributed by atoms with Crippen LogP contribution in [-0.2, 0) is 16.1 Å². The Kier molecular flexibility index (Phi) is 8.12. The van der Waals surface area contributed by atoms with Crippen LogP contribution in [0.4, 0.5) is 10.1 Å². The Labute approximate surface area is 215 Å². The van der Waals surface area contributed by atoms with Gasteiger partial charge in [0, 0.05) is 18.3 Å². The second-order valence-electron chi connectivity index (χ2n) is 9.13. The van der Waals surface area contributed by atoms with Gasteiger partial charge in [-0.2, -0.15) is 0 Å². The lowest BCUT2D eigenvalue weighted by atomic mass is 10.0. The maximum Gasteiger partial charge on any atom is 0.249 e. The molecule has 37 heavy (non-hydrogen) atoms. The Morgan fingerprint density at radius 2 is 1.81 bits per heavy atom. The highest BCUT2D eigenvalue weighted by Crippen LogP contribution is 2.31. The van der Waals surface area contributed by atoms with Crippen LogP contribution in [0.5, 0.6) is 5.75 Å². The standard InChI is InChI=1S/C28H30FN5O3/c1-19(2)15-16-30-28(36)27(20-11-13-21(29)14-12-20)34(22-7-6-8-23(17-22)37-3)26(35)18-33-25-10-5-4-9-24(25)31-32-33/h4-14,17,19,27H,15-16,18H2,1-3H3,(H,30,36). The molecule has 2 amide bonds. The summed E-state index contributed by atoms with van der Waals surface area (Å²) in [6.07, 6.45) is 0.778. The maximum atomic E-state index is 14.0. The van der Waals surface area contributed by atoms with Gasteiger partial charge in [0.25, 0.3) is 0 Å². The number of hydrogen-bond acceptors (Lipinski definition) is 5. The number of methoxy groups -OCH3 is 1. The summed E-state index contributed by atoms with van der Waals surface area (Å²) in [5, 5.41) is 11.2. The van der Waals surface area contributed by atoms with E-state index in [9.17, 15) is 14.0 Å². The first-order valence-corrected chi connectivity index (χ1v) is 12.1. The second kappa shape index (κ2) is 11.6. The number of nitrogens with zero attached hydrogens (tertiary/aromatic N) is 4. The molecule has 3 aromatic carbocycles. The Hall–Kier alpha value is -4.27. The molecule has 0 bridgehead atoms. The normalized spacial score (nSPS) is 11.9. The van der Waals surface area contributed by atoms with E-state index in [-0.39, 0.29) is 12.5 Å². The topological polar surface area (TPSA) is 89.3 Å². The molecule has 4 rings (SSSR count). The van der Waals surface area contributed by atoms with Crippen molar-refractivity contribution >= 4 is 28.5 Å². The van der Waals surface area contributed by atoms with Gasteiger partial charge in [-0.25, -0.2) is 9.07 Å². The molecule has 9 heteroatoms. The Balaban J connectivity index is 1.78. The van der Waals surface area contributed by atoms with Crippen LogP contribution in [0.3, 0.4) is 0 Å². The first-order valence-electron chi connectivity index (χ1n) is 12.1. The predicted molar refractivity (Wildman–Crippen MR) is 140 cm³/mol. The maximum absolute atomic E-state index is 14.0. The number of carbonyl (C=O) groups is 2. The van der Waals surface area contributed by atoms with Crippen LogP contribution < -0.4 is 15.0 Å². The number of benzene rings is 3. The zero-order valence-electron chi connectivity index (χ0n) is 21.1. The summed E-state index contributed by atoms with van der Waals surface area (Å²) < 4.78 is 20.7. The van der Waals surface area contributed by atoms with Gasteiger partial charge < -0.3 is 10.1 Å². The van der Waals surface area contributed by atoms with Crippen molar-refractivity contribution in [1.29, 1.82) is 0 Å². The highest BCUT2D eigenvalue weighted by molar-refractivity contribution is 6.01. The molecule has 0 saturated carbocycles. The largest absolute Gasteiger partial charge is 0.497 e. The van der Waals surface area contributed by atoms with Crippen LogP contribution in [-0.4, -0.2) is 40.5 Å². The number of para-hydroxylation sites is 1. The fourth-order valence-electron chi connectivity index (χ4n) is 4.08. The van der Waals surface area contributed by atoms with Crippen molar-refractivity contribution in [2.45, 2.75) is 32.9 Å². The van der Waals surface area contributed by atoms with Crippen molar-refractivity contribution < 1.29 is 18.7 Å². The second-order valence-corrected chi connectivity index (χ2v) is 9.13. The molecule has 0 saturated heterocycles. The molecule has 1 atom stereocenters. The minimum Gasteiger partial charge on any atom is -0.497 e. The Morgan fingerprint density at radius 3 is 2.54 bits per heavy atom. The third kappa shape index (κ3) is 6.11. The number of fused-ring (bicyclic) bond motifs is 1. The van der Waals surface area contributed by atoms with E-state index in [1.165, 1.54) is 41.0 Å². The highest BCUT2D eigenvalue weighted by Gasteiger charge is 2.33. The molecule has 1 N–H and O–H groups in total. The van der Waals surface area contributed by atoms with Crippen molar-refractivity contribution in [3.8, 4) is 5.75 Å². The number of rotatable bonds is 10. The number of nitrogens with one attached hydrogen (secondary N) is 1. The smallest absolute Gasteiger partial charge is 0.249 e. The summed E-state index contributed by atoms with van der Waals surface area (Å²) in [5.74, 6) is -0.277. The van der Waals surface area contributed by atoms with Crippen LogP contribution in [0, 0.1) is 11.7 Å². The van der Waals surface area contributed by atoms with E-state index in [1.54, 1.807) is 24.3 Å². The van der Waals surface area contributed by atoms with Crippen LogP contribution in [0.1, 0.15) is 31.9 Å². The lowest BCUT2D eigenvalue weighted by Gasteiger charge is -2.32. The number of carbonyl (C=O) groups excluding carboxylic acids is 2. The number of halogens is 1. The average Bonchev–Trinajstić information content (AvgIpc) is 3.30. The quantitative estimate of drug-likeness (QED) is 0.344. The van der Waals surface area contributed by atoms with Gasteiger partial charge in [-0.15, -0.1) is 5.10 Å². The van der Waals surface area contributed by atoms with Crippen LogP contribution in [0.2, 0.25) is 0 Å². The molecule has 1 aromatic heterocycles. The van der Waals surface area contributed by atoms with Gasteiger partial charge in [0.2, 0.25) is 11.8 Å². The molecule has 1 heterocycles. The van der Waals surface area contributed by atoms with E-state index in [0.29, 0.717) is 40.5 Å². The lowest BCUT2D eigenvalue weighted by Crippen LogP contribution is -2.45. The zero-order valence-corrected chi connectivity index (χ0v) is 21.1. The third-order valence-corrected chi connectivity index (χ3v) is 6.02. The Bertz CT molecular complexity index is 1370. The third-order valence-electron chi connectivity index (χ3n) is 6.02. The van der Waals surface area contributed by atoms with Gasteiger partial charge in [-0.1, -0.05) is 49.4 Å². The van der Waals surface area contributed by atoms with Crippen molar-refractivity contribution in [2.24, 2.45) is 5.92 Å². The zero-order chi connectivity index (χ0) is 26.4. The molecule has 0 aliphatic heterocycles. The van der Waals surface area contributed by atoms with E-state index in [2.05, 4.69) is 29.5 Å². The fraction of sp³-hybridized carbons (Fsp3) is 0.286. The van der Waals surface area contributed by atoms with Gasteiger partial charge >= 0.3 is 0 Å². The van der Waals surface area contributed by atoms with Gasteiger partial charge in [-0.05, 0) is 54.3 Å². The number of amides is 2. The first kappa shape index (κ1) is 25.8. The summed E-state index contributed by atoms with van der Waals surface area (Å²) >= 11 is 0. The molecule has 4 aromatic rings. The van der Waals surface area contributed by atoms with Crippen LogP contribution in [0.15, 0.2) is 72.8 Å². The number of aromatic nitrogens is 3. The molecule has 0 radical (unpaired) electrons. The summed E-state index contributed by atoms with van der Waals surface area (Å²) in [4.78, 5) is 29.0. The summed E-state index contributed by atoms with van der Waals surface area (Å²) in [5.41, 5.74) is 2.29. The molecular formula is C28H30FN5O3. The van der Waals surface area contributed by atoms with Gasteiger partial charge in [0.15, 0.2) is 0 Å². The molecule has 192 valence electrons. The number of ether oxygens (including phenoxy) is 1. The van der Waals surface area contributed by atoms with Crippen molar-refractivity contribution in [1.82, 2.24) is 20.3 Å². The van der Waals surface area contributed by atoms with E-state index >= 15 is 0 Å². The summed E-state index contributed by atoms with van der Waals surface area (Å²) in [6, 6.07) is 18.8. The van der Waals surface area contributed by atoms with E-state index in [1.807, 2.05) is 24.3 Å². The molecule has 1 unspecified atom stereocenters. The summed E-state index contributed by atoms with van der Waals surface area (Å²) in [6.45, 7) is 4.42. The first-order chi connectivity index (χ1) is 17.9.